The number of likely N-dealkylation sites (tertiary alicyclic amines) is 1. The molecule has 0 spiro atoms. The first-order valence-electron chi connectivity index (χ1n) is 6.91. The summed E-state index contributed by atoms with van der Waals surface area (Å²) >= 11 is 1.50. The number of hydrogen-bond donors (Lipinski definition) is 2. The normalized spacial score (nSPS) is 19.8. The molecule has 1 aliphatic rings. The van der Waals surface area contributed by atoms with Gasteiger partial charge in [-0.1, -0.05) is 6.92 Å². The molecule has 1 saturated heterocycles. The first-order chi connectivity index (χ1) is 9.24. The number of amides is 1. The van der Waals surface area contributed by atoms with Crippen LogP contribution in [0.5, 0.6) is 0 Å². The highest BCUT2D eigenvalue weighted by Gasteiger charge is 2.23. The third-order valence-corrected chi connectivity index (χ3v) is 4.45. The Labute approximate surface area is 118 Å². The molecule has 5 nitrogen and oxygen atoms in total. The number of thiazole rings is 1. The first-order valence-corrected chi connectivity index (χ1v) is 7.79. The molecule has 19 heavy (non-hydrogen) atoms. The SMILES string of the molecule is CCN1CCCC1CNC(=O)c1csc(CCN)n1. The Morgan fingerprint density at radius 1 is 1.68 bits per heavy atom. The van der Waals surface area contributed by atoms with Crippen molar-refractivity contribution >= 4 is 17.2 Å². The van der Waals surface area contributed by atoms with Crippen LogP contribution in [0.25, 0.3) is 0 Å². The molecular weight excluding hydrogens is 260 g/mol. The van der Waals surface area contributed by atoms with E-state index in [-0.39, 0.29) is 5.91 Å². The molecule has 1 unspecified atom stereocenters. The minimum absolute atomic E-state index is 0.0672. The summed E-state index contributed by atoms with van der Waals surface area (Å²) in [7, 11) is 0. The van der Waals surface area contributed by atoms with Crippen molar-refractivity contribution in [3.63, 3.8) is 0 Å². The zero-order valence-electron chi connectivity index (χ0n) is 11.4. The van der Waals surface area contributed by atoms with Crippen LogP contribution in [0.2, 0.25) is 0 Å². The number of carbonyl (C=O) groups is 1. The largest absolute Gasteiger partial charge is 0.349 e. The van der Waals surface area contributed by atoms with E-state index in [1.54, 1.807) is 0 Å². The molecule has 1 aromatic heterocycles. The monoisotopic (exact) mass is 282 g/mol. The smallest absolute Gasteiger partial charge is 0.270 e. The summed E-state index contributed by atoms with van der Waals surface area (Å²) in [6, 6.07) is 0.482. The molecule has 1 aromatic rings. The molecule has 6 heteroatoms. The van der Waals surface area contributed by atoms with Gasteiger partial charge in [0.05, 0.1) is 5.01 Å². The van der Waals surface area contributed by atoms with Crippen molar-refractivity contribution in [2.24, 2.45) is 5.73 Å². The van der Waals surface area contributed by atoms with Crippen molar-refractivity contribution in [2.75, 3.05) is 26.2 Å². The van der Waals surface area contributed by atoms with Gasteiger partial charge in [-0.05, 0) is 32.5 Å². The number of rotatable bonds is 6. The van der Waals surface area contributed by atoms with Gasteiger partial charge in [0.2, 0.25) is 0 Å². The molecule has 0 aliphatic carbocycles. The molecule has 3 N–H and O–H groups in total. The van der Waals surface area contributed by atoms with E-state index in [0.29, 0.717) is 18.3 Å². The van der Waals surface area contributed by atoms with E-state index in [2.05, 4.69) is 22.1 Å². The number of hydrogen-bond acceptors (Lipinski definition) is 5. The second kappa shape index (κ2) is 6.98. The van der Waals surface area contributed by atoms with Gasteiger partial charge in [0.15, 0.2) is 0 Å². The van der Waals surface area contributed by atoms with Crippen LogP contribution < -0.4 is 11.1 Å². The van der Waals surface area contributed by atoms with E-state index in [1.807, 2.05) is 5.38 Å². The van der Waals surface area contributed by atoms with Gasteiger partial charge in [-0.3, -0.25) is 9.69 Å². The van der Waals surface area contributed by atoms with Crippen LogP contribution >= 0.6 is 11.3 Å². The summed E-state index contributed by atoms with van der Waals surface area (Å²) < 4.78 is 0. The minimum atomic E-state index is -0.0672. The average Bonchev–Trinajstić information content (AvgIpc) is 3.04. The van der Waals surface area contributed by atoms with Crippen LogP contribution in [0.1, 0.15) is 35.3 Å². The second-order valence-corrected chi connectivity index (χ2v) is 5.74. The van der Waals surface area contributed by atoms with Gasteiger partial charge in [0.1, 0.15) is 5.69 Å². The summed E-state index contributed by atoms with van der Waals surface area (Å²) in [5.41, 5.74) is 6.00. The van der Waals surface area contributed by atoms with Gasteiger partial charge in [-0.25, -0.2) is 4.98 Å². The van der Waals surface area contributed by atoms with Gasteiger partial charge in [-0.2, -0.15) is 0 Å². The molecule has 1 amide bonds. The van der Waals surface area contributed by atoms with E-state index < -0.39 is 0 Å². The lowest BCUT2D eigenvalue weighted by Crippen LogP contribution is -2.40. The van der Waals surface area contributed by atoms with E-state index in [1.165, 1.54) is 24.2 Å². The molecule has 0 aromatic carbocycles. The predicted octanol–water partition coefficient (Wildman–Crippen LogP) is 0.858. The van der Waals surface area contributed by atoms with Crippen molar-refractivity contribution < 1.29 is 4.79 Å². The lowest BCUT2D eigenvalue weighted by atomic mass is 10.2. The molecule has 2 heterocycles. The van der Waals surface area contributed by atoms with E-state index >= 15 is 0 Å². The zero-order valence-corrected chi connectivity index (χ0v) is 12.2. The third-order valence-electron chi connectivity index (χ3n) is 3.55. The van der Waals surface area contributed by atoms with Gasteiger partial charge in [0, 0.05) is 24.4 Å². The molecular formula is C13H22N4OS. The average molecular weight is 282 g/mol. The number of carbonyl (C=O) groups excluding carboxylic acids is 1. The lowest BCUT2D eigenvalue weighted by molar-refractivity contribution is 0.0937. The van der Waals surface area contributed by atoms with Crippen molar-refractivity contribution in [1.82, 2.24) is 15.2 Å². The number of likely N-dealkylation sites (N-methyl/N-ethyl adjacent to an activating group) is 1. The maximum absolute atomic E-state index is 12.0. The maximum atomic E-state index is 12.0. The van der Waals surface area contributed by atoms with E-state index in [4.69, 9.17) is 5.73 Å². The molecule has 0 radical (unpaired) electrons. The third kappa shape index (κ3) is 3.75. The Bertz CT molecular complexity index is 421. The Hall–Kier alpha value is -0.980. The Morgan fingerprint density at radius 3 is 3.26 bits per heavy atom. The molecule has 1 aliphatic heterocycles. The van der Waals surface area contributed by atoms with Crippen LogP contribution in [0.4, 0.5) is 0 Å². The number of nitrogens with two attached hydrogens (primary N) is 1. The second-order valence-electron chi connectivity index (χ2n) is 4.80. The highest BCUT2D eigenvalue weighted by Crippen LogP contribution is 2.16. The Morgan fingerprint density at radius 2 is 2.53 bits per heavy atom. The predicted molar refractivity (Wildman–Crippen MR) is 77.5 cm³/mol. The first kappa shape index (κ1) is 14.4. The summed E-state index contributed by atoms with van der Waals surface area (Å²) in [6.07, 6.45) is 3.14. The van der Waals surface area contributed by atoms with Crippen LogP contribution in [-0.2, 0) is 6.42 Å². The van der Waals surface area contributed by atoms with Crippen LogP contribution in [0, 0.1) is 0 Å². The Balaban J connectivity index is 1.83. The highest BCUT2D eigenvalue weighted by atomic mass is 32.1. The number of aromatic nitrogens is 1. The fraction of sp³-hybridized carbons (Fsp3) is 0.692. The van der Waals surface area contributed by atoms with Gasteiger partial charge >= 0.3 is 0 Å². The minimum Gasteiger partial charge on any atom is -0.349 e. The van der Waals surface area contributed by atoms with Crippen LogP contribution in [-0.4, -0.2) is 48.0 Å². The van der Waals surface area contributed by atoms with Crippen LogP contribution in [0.15, 0.2) is 5.38 Å². The summed E-state index contributed by atoms with van der Waals surface area (Å²) in [4.78, 5) is 18.7. The van der Waals surface area contributed by atoms with Crippen LogP contribution in [0.3, 0.4) is 0 Å². The van der Waals surface area contributed by atoms with Gasteiger partial charge in [0.25, 0.3) is 5.91 Å². The standard InChI is InChI=1S/C13H22N4OS/c1-2-17-7-3-4-10(17)8-15-13(18)11-9-19-12(16-11)5-6-14/h9-10H,2-8,14H2,1H3,(H,15,18). The van der Waals surface area contributed by atoms with Gasteiger partial charge in [-0.15, -0.1) is 11.3 Å². The van der Waals surface area contributed by atoms with Crippen molar-refractivity contribution in [3.8, 4) is 0 Å². The fourth-order valence-electron chi connectivity index (χ4n) is 2.50. The topological polar surface area (TPSA) is 71.2 Å². The molecule has 1 atom stereocenters. The summed E-state index contributed by atoms with van der Waals surface area (Å²) in [5.74, 6) is -0.0672. The Kier molecular flexibility index (Phi) is 5.30. The molecule has 0 bridgehead atoms. The van der Waals surface area contributed by atoms with Gasteiger partial charge < -0.3 is 11.1 Å². The molecule has 0 saturated carbocycles. The molecule has 2 rings (SSSR count). The summed E-state index contributed by atoms with van der Waals surface area (Å²) in [5, 5.41) is 5.74. The van der Waals surface area contributed by atoms with E-state index in [0.717, 1.165) is 31.1 Å². The number of nitrogens with zero attached hydrogens (tertiary/aromatic N) is 2. The van der Waals surface area contributed by atoms with Crippen molar-refractivity contribution in [2.45, 2.75) is 32.2 Å². The fourth-order valence-corrected chi connectivity index (χ4v) is 3.29. The zero-order chi connectivity index (χ0) is 13.7. The summed E-state index contributed by atoms with van der Waals surface area (Å²) in [6.45, 7) is 5.66. The van der Waals surface area contributed by atoms with Crippen molar-refractivity contribution in [3.05, 3.63) is 16.1 Å². The highest BCUT2D eigenvalue weighted by molar-refractivity contribution is 7.09. The molecule has 106 valence electrons. The van der Waals surface area contributed by atoms with Crippen molar-refractivity contribution in [1.29, 1.82) is 0 Å². The quantitative estimate of drug-likeness (QED) is 0.812. The lowest BCUT2D eigenvalue weighted by Gasteiger charge is -2.22. The maximum Gasteiger partial charge on any atom is 0.270 e. The number of nitrogens with one attached hydrogen (secondary N) is 1. The molecule has 1 fully saturated rings. The van der Waals surface area contributed by atoms with E-state index in [9.17, 15) is 4.79 Å².